The molecule has 0 aliphatic carbocycles. The molecule has 36 heteroatoms. The molecular weight excluding hydrogens is 1370 g/mol. The van der Waals surface area contributed by atoms with E-state index < -0.39 is 113 Å². The van der Waals surface area contributed by atoms with Crippen molar-refractivity contribution in [3.8, 4) is 0 Å². The summed E-state index contributed by atoms with van der Waals surface area (Å²) in [4.78, 5) is 104. The Morgan fingerprint density at radius 2 is 0.548 bits per heavy atom. The van der Waals surface area contributed by atoms with Crippen molar-refractivity contribution >= 4 is 129 Å². The van der Waals surface area contributed by atoms with Gasteiger partial charge in [0.15, 0.2) is 5.78 Å². The lowest BCUT2D eigenvalue weighted by Crippen LogP contribution is -2.84. The molecule has 0 aromatic heterocycles. The number of unbranched alkanes of at least 4 members (excludes halogenated alkanes) is 1. The third-order valence-electron chi connectivity index (χ3n) is 13.5. The van der Waals surface area contributed by atoms with Gasteiger partial charge in [-0.05, 0) is 125 Å². The number of allylic oxidation sites excluding steroid dienone is 1. The van der Waals surface area contributed by atoms with Crippen molar-refractivity contribution in [2.24, 2.45) is 0 Å². The zero-order valence-electron chi connectivity index (χ0n) is 54.9. The zero-order valence-corrected chi connectivity index (χ0v) is 63.9. The molecule has 93 heavy (non-hydrogen) atoms. The van der Waals surface area contributed by atoms with E-state index in [1.165, 1.54) is 48.5 Å². The first-order valence-electron chi connectivity index (χ1n) is 30.5. The lowest BCUT2D eigenvalue weighted by atomic mass is 10.1. The second-order valence-corrected chi connectivity index (χ2v) is 47.0. The highest BCUT2D eigenvalue weighted by Gasteiger charge is 2.78. The molecule has 4 heterocycles. The first-order valence-corrected chi connectivity index (χ1v) is 45.9. The van der Waals surface area contributed by atoms with E-state index in [2.05, 4.69) is 63.1 Å². The van der Waals surface area contributed by atoms with Crippen molar-refractivity contribution < 1.29 is 121 Å². The number of fused-ring (bicyclic) bond motifs is 4. The molecule has 516 valence electrons. The maximum absolute atomic E-state index is 13.3. The Morgan fingerprint density at radius 3 is 0.817 bits per heavy atom. The molecule has 4 atom stereocenters. The molecular formula is C57H90O27Si9. The van der Waals surface area contributed by atoms with Gasteiger partial charge in [-0.1, -0.05) is 52.6 Å². The van der Waals surface area contributed by atoms with Gasteiger partial charge in [0, 0.05) is 87.7 Å². The van der Waals surface area contributed by atoms with Crippen LogP contribution < -0.4 is 0 Å². The van der Waals surface area contributed by atoms with Crippen molar-refractivity contribution in [3.63, 3.8) is 0 Å². The molecule has 0 N–H and O–H groups in total. The van der Waals surface area contributed by atoms with E-state index in [-0.39, 0.29) is 204 Å². The van der Waals surface area contributed by atoms with E-state index in [1.54, 1.807) is 6.92 Å². The second-order valence-electron chi connectivity index (χ2n) is 22.9. The molecule has 0 saturated carbocycles. The van der Waals surface area contributed by atoms with Crippen LogP contribution in [0.3, 0.4) is 0 Å². The van der Waals surface area contributed by atoms with Gasteiger partial charge >= 0.3 is 113 Å². The number of hydrogen-bond donors (Lipinski definition) is 0. The molecule has 4 saturated heterocycles. The first kappa shape index (κ1) is 80.8. The Labute approximate surface area is 558 Å². The maximum atomic E-state index is 13.3. The lowest BCUT2D eigenvalue weighted by Gasteiger charge is -2.59. The maximum Gasteiger partial charge on any atom is 0.479 e. The SMILES string of the molecule is C=C(C)C(=O)CCCC[Si]12O[Si]3(CCCOC(=O)C(=C)C)O[Si](CCCOC(=O)C(=C)C)(O[Si])O[Si](CCCOC(=O)C(=C)C)(O[Si]4(CCCOC(=O)C(=C)C)O[Si](CCCOC(=O)C(=C)C)O[Si](CCCOC(=O)C(=C)C)(O3)O[Si](CCCOC(=O)C(=C)C)(O4)O1)O2. The van der Waals surface area contributed by atoms with Crippen LogP contribution in [0.1, 0.15) is 120 Å². The van der Waals surface area contributed by atoms with Crippen molar-refractivity contribution in [3.05, 3.63) is 97.2 Å². The monoisotopic (exact) mass is 1460 g/mol. The number of ether oxygens (including phenoxy) is 7. The van der Waals surface area contributed by atoms with Crippen LogP contribution in [-0.4, -0.2) is 175 Å². The van der Waals surface area contributed by atoms with E-state index in [0.29, 0.717) is 5.57 Å². The number of rotatable bonds is 42. The third kappa shape index (κ3) is 25.7. The van der Waals surface area contributed by atoms with Gasteiger partial charge in [0.1, 0.15) is 0 Å². The molecule has 0 spiro atoms. The van der Waals surface area contributed by atoms with Crippen LogP contribution in [0.2, 0.25) is 48.4 Å². The van der Waals surface area contributed by atoms with E-state index in [4.69, 9.17) is 82.5 Å². The standard InChI is InChI=1S/C57H90O27Si9/c1-42(2)50(58)26-17-18-35-90-82-91(39-23-31-70-55(63)47(11)12)76-87(73-85,36-20-28-67-52(60)44(5)6)77-92(83-90,40-24-32-71-56(64)48(13)14)79-89(38-22-30-69-54(62)46(9)10)75-86(34-19-27-66-51(59)43(3)4)74-88(78-91,37-21-29-68-53(61)45(7)8)80-93(81-89,84-90)41-25-33-72-57(65)49(15)16/h1,3,5,7,9,11,13,15,17-41H2,2,4,6,8,10,12,14,16H3. The highest BCUT2D eigenvalue weighted by molar-refractivity contribution is 7.00. The molecule has 0 aromatic rings. The van der Waals surface area contributed by atoms with Gasteiger partial charge in [-0.15, -0.1) is 0 Å². The van der Waals surface area contributed by atoms with Crippen LogP contribution in [0.5, 0.6) is 0 Å². The summed E-state index contributed by atoms with van der Waals surface area (Å²) >= 11 is 0. The lowest BCUT2D eigenvalue weighted by molar-refractivity contribution is -0.139. The van der Waals surface area contributed by atoms with Crippen molar-refractivity contribution in [1.29, 1.82) is 0 Å². The van der Waals surface area contributed by atoms with E-state index in [1.807, 2.05) is 0 Å². The molecule has 4 rings (SSSR count). The Kier molecular flexibility index (Phi) is 32.3. The number of carbonyl (C=O) groups is 8. The second kappa shape index (κ2) is 37.2. The van der Waals surface area contributed by atoms with Crippen molar-refractivity contribution in [1.82, 2.24) is 0 Å². The number of Topliss-reactive ketones (excluding diaryl/α,β-unsaturated/α-hetero) is 1. The molecule has 27 nitrogen and oxygen atoms in total. The average Bonchev–Trinajstić information content (AvgIpc) is 0.705. The van der Waals surface area contributed by atoms with Gasteiger partial charge in [-0.3, -0.25) is 4.79 Å². The molecule has 6 bridgehead atoms. The van der Waals surface area contributed by atoms with Crippen LogP contribution in [0.15, 0.2) is 97.2 Å². The van der Waals surface area contributed by atoms with Gasteiger partial charge in [0.25, 0.3) is 0 Å². The summed E-state index contributed by atoms with van der Waals surface area (Å²) in [6.07, 6.45) is 0.180. The minimum Gasteiger partial charge on any atom is -0.462 e. The largest absolute Gasteiger partial charge is 0.479 e. The van der Waals surface area contributed by atoms with Gasteiger partial charge in [0.05, 0.1) is 46.2 Å². The summed E-state index contributed by atoms with van der Waals surface area (Å²) < 4.78 is 130. The fourth-order valence-corrected chi connectivity index (χ4v) is 54.6. The summed E-state index contributed by atoms with van der Waals surface area (Å²) in [5.41, 5.74) is 1.14. The van der Waals surface area contributed by atoms with Crippen LogP contribution in [0, 0.1) is 0 Å². The minimum absolute atomic E-state index is 0.0215. The summed E-state index contributed by atoms with van der Waals surface area (Å²) in [6.45, 7) is 40.2. The molecule has 0 aromatic carbocycles. The first-order chi connectivity index (χ1) is 43.6. The zero-order chi connectivity index (χ0) is 69.4. The molecule has 4 unspecified atom stereocenters. The fraction of sp³-hybridized carbons (Fsp3) is 0.579. The Bertz CT molecular complexity index is 2720. The predicted molar refractivity (Wildman–Crippen MR) is 350 cm³/mol. The van der Waals surface area contributed by atoms with E-state index in [9.17, 15) is 38.4 Å². The van der Waals surface area contributed by atoms with Gasteiger partial charge in [0.2, 0.25) is 10.5 Å². The summed E-state index contributed by atoms with van der Waals surface area (Å²) in [5, 5.41) is 0. The number of esters is 7. The average molecular weight is 1460 g/mol. The van der Waals surface area contributed by atoms with E-state index in [0.717, 1.165) is 0 Å². The minimum atomic E-state index is -5.01. The number of ketones is 1. The van der Waals surface area contributed by atoms with Crippen LogP contribution >= 0.6 is 0 Å². The van der Waals surface area contributed by atoms with E-state index >= 15 is 0 Å². The molecule has 4 fully saturated rings. The highest BCUT2D eigenvalue weighted by Crippen LogP contribution is 2.51. The summed E-state index contributed by atoms with van der Waals surface area (Å²) in [7, 11) is -34.1. The summed E-state index contributed by atoms with van der Waals surface area (Å²) in [5.74, 6) is -5.10. The van der Waals surface area contributed by atoms with Crippen LogP contribution in [-0.2, 0) is 121 Å². The third-order valence-corrected chi connectivity index (χ3v) is 48.9. The molecule has 4 aliphatic rings. The number of hydrogen-bond acceptors (Lipinski definition) is 27. The molecule has 4 aliphatic heterocycles. The summed E-state index contributed by atoms with van der Waals surface area (Å²) in [6, 6.07) is -1.63. The highest BCUT2D eigenvalue weighted by atomic mass is 28.6. The van der Waals surface area contributed by atoms with Crippen LogP contribution in [0.4, 0.5) is 0 Å². The normalized spacial score (nSPS) is 25.6. The smallest absolute Gasteiger partial charge is 0.462 e. The van der Waals surface area contributed by atoms with Gasteiger partial charge < -0.3 is 82.5 Å². The topological polar surface area (TPSA) is 312 Å². The quantitative estimate of drug-likeness (QED) is 0.0182. The van der Waals surface area contributed by atoms with Gasteiger partial charge in [-0.25, -0.2) is 33.6 Å². The van der Waals surface area contributed by atoms with Crippen molar-refractivity contribution in [2.75, 3.05) is 46.2 Å². The molecule has 4 radical (unpaired) electrons. The predicted octanol–water partition coefficient (Wildman–Crippen LogP) is 8.27. The van der Waals surface area contributed by atoms with Crippen molar-refractivity contribution in [2.45, 2.75) is 168 Å². The van der Waals surface area contributed by atoms with Crippen LogP contribution in [0.25, 0.3) is 0 Å². The number of carbonyl (C=O) groups excluding carboxylic acids is 8. The van der Waals surface area contributed by atoms with Gasteiger partial charge in [-0.2, -0.15) is 0 Å². The fourth-order valence-electron chi connectivity index (χ4n) is 8.92. The Morgan fingerprint density at radius 1 is 0.312 bits per heavy atom. The molecule has 0 amide bonds. The Balaban J connectivity index is 2.28. The Hall–Kier alpha value is -4.65.